The third-order valence-corrected chi connectivity index (χ3v) is 8.38. The van der Waals surface area contributed by atoms with Crippen LogP contribution in [0.5, 0.6) is 0 Å². The molecule has 0 fully saturated rings. The average molecular weight is 375 g/mol. The van der Waals surface area contributed by atoms with Crippen LogP contribution in [-0.4, -0.2) is 64.5 Å². The van der Waals surface area contributed by atoms with E-state index in [1.165, 1.54) is 0 Å². The van der Waals surface area contributed by atoms with Crippen LogP contribution >= 0.6 is 12.6 Å². The van der Waals surface area contributed by atoms with Crippen molar-refractivity contribution in [3.8, 4) is 0 Å². The second-order valence-electron chi connectivity index (χ2n) is 4.28. The molecular weight excluding hydrogens is 340 g/mol. The summed E-state index contributed by atoms with van der Waals surface area (Å²) >= 11 is 4.10. The summed E-state index contributed by atoms with van der Waals surface area (Å²) < 4.78 is 31.8. The van der Waals surface area contributed by atoms with Crippen LogP contribution in [-0.2, 0) is 26.6 Å². The predicted octanol–water partition coefficient (Wildman–Crippen LogP) is 2.85. The van der Waals surface area contributed by atoms with E-state index in [9.17, 15) is 0 Å². The van der Waals surface area contributed by atoms with Gasteiger partial charge in [-0.1, -0.05) is 0 Å². The molecule has 0 aliphatic rings. The van der Waals surface area contributed by atoms with Gasteiger partial charge in [-0.2, -0.15) is 12.6 Å². The molecule has 0 N–H and O–H groups in total. The van der Waals surface area contributed by atoms with Crippen LogP contribution < -0.4 is 0 Å². The molecule has 0 atom stereocenters. The Labute approximate surface area is 143 Å². The molecule has 0 aromatic heterocycles. The van der Waals surface area contributed by atoms with Crippen molar-refractivity contribution in [3.05, 3.63) is 0 Å². The topological polar surface area (TPSA) is 55.4 Å². The number of hydrogen-bond donors (Lipinski definition) is 1. The molecule has 0 bridgehead atoms. The highest BCUT2D eigenvalue weighted by Crippen LogP contribution is 2.14. The smallest absolute Gasteiger partial charge is 0.377 e. The van der Waals surface area contributed by atoms with E-state index in [4.69, 9.17) is 26.6 Å². The van der Waals surface area contributed by atoms with Gasteiger partial charge in [-0.3, -0.25) is 0 Å². The number of hydrogen-bond acceptors (Lipinski definition) is 7. The standard InChI is InChI=1S/C7H18O3Si.C6H16O3SSi/c1-5-8-11(4,9-6-2)10-7-3;1-7-11(8-2,9-3)6-4-5-10/h5-7H2,1-4H3;10H,4-6H2,1-3H3. The van der Waals surface area contributed by atoms with Gasteiger partial charge in [0.1, 0.15) is 0 Å². The van der Waals surface area contributed by atoms with E-state index in [1.807, 2.05) is 27.3 Å². The highest BCUT2D eigenvalue weighted by molar-refractivity contribution is 7.80. The lowest BCUT2D eigenvalue weighted by molar-refractivity contribution is 0.0783. The average Bonchev–Trinajstić information content (AvgIpc) is 2.50. The molecule has 0 saturated heterocycles. The van der Waals surface area contributed by atoms with Crippen molar-refractivity contribution in [3.63, 3.8) is 0 Å². The van der Waals surface area contributed by atoms with Crippen molar-refractivity contribution in [1.82, 2.24) is 0 Å². The van der Waals surface area contributed by atoms with Gasteiger partial charge in [0.25, 0.3) is 0 Å². The first-order valence-corrected chi connectivity index (χ1v) is 12.4. The Bertz CT molecular complexity index is 219. The van der Waals surface area contributed by atoms with Crippen LogP contribution in [0.3, 0.4) is 0 Å². The van der Waals surface area contributed by atoms with E-state index in [0.29, 0.717) is 19.8 Å². The Morgan fingerprint density at radius 3 is 1.36 bits per heavy atom. The van der Waals surface area contributed by atoms with Crippen LogP contribution in [0.15, 0.2) is 0 Å². The molecule has 136 valence electrons. The third kappa shape index (κ3) is 11.1. The van der Waals surface area contributed by atoms with Gasteiger partial charge in [0, 0.05) is 53.7 Å². The zero-order valence-corrected chi connectivity index (χ0v) is 18.0. The first-order chi connectivity index (χ1) is 10.4. The molecule has 0 radical (unpaired) electrons. The molecule has 9 heteroatoms. The maximum absolute atomic E-state index is 5.40. The van der Waals surface area contributed by atoms with E-state index < -0.39 is 17.6 Å². The highest BCUT2D eigenvalue weighted by atomic mass is 32.1. The maximum Gasteiger partial charge on any atom is 0.500 e. The quantitative estimate of drug-likeness (QED) is 0.419. The van der Waals surface area contributed by atoms with E-state index >= 15 is 0 Å². The van der Waals surface area contributed by atoms with Gasteiger partial charge < -0.3 is 26.6 Å². The van der Waals surface area contributed by atoms with Gasteiger partial charge >= 0.3 is 17.6 Å². The zero-order valence-electron chi connectivity index (χ0n) is 15.1. The largest absolute Gasteiger partial charge is 0.500 e. The fraction of sp³-hybridized carbons (Fsp3) is 1.00. The van der Waals surface area contributed by atoms with E-state index in [-0.39, 0.29) is 0 Å². The van der Waals surface area contributed by atoms with Crippen molar-refractivity contribution >= 4 is 30.2 Å². The number of thiol groups is 1. The minimum absolute atomic E-state index is 0.655. The molecule has 0 rings (SSSR count). The van der Waals surface area contributed by atoms with Gasteiger partial charge in [0.15, 0.2) is 0 Å². The van der Waals surface area contributed by atoms with Crippen LogP contribution in [0.2, 0.25) is 12.6 Å². The van der Waals surface area contributed by atoms with Crippen molar-refractivity contribution in [1.29, 1.82) is 0 Å². The zero-order chi connectivity index (χ0) is 17.5. The van der Waals surface area contributed by atoms with Gasteiger partial charge in [-0.05, 0) is 32.9 Å². The second kappa shape index (κ2) is 15.1. The van der Waals surface area contributed by atoms with Crippen LogP contribution in [0.4, 0.5) is 0 Å². The molecule has 0 unspecified atom stereocenters. The summed E-state index contributed by atoms with van der Waals surface area (Å²) in [7, 11) is 0.332. The van der Waals surface area contributed by atoms with Crippen molar-refractivity contribution in [2.24, 2.45) is 0 Å². The Morgan fingerprint density at radius 2 is 1.14 bits per heavy atom. The van der Waals surface area contributed by atoms with Gasteiger partial charge in [-0.15, -0.1) is 0 Å². The Hall–Kier alpha value is 0.544. The molecule has 0 spiro atoms. The lowest BCUT2D eigenvalue weighted by Crippen LogP contribution is -2.42. The molecule has 0 aromatic carbocycles. The summed E-state index contributed by atoms with van der Waals surface area (Å²) in [6, 6.07) is 0.833. The summed E-state index contributed by atoms with van der Waals surface area (Å²) in [5.41, 5.74) is 0. The molecule has 0 amide bonds. The molecule has 0 aromatic rings. The normalized spacial score (nSPS) is 12.0. The summed E-state index contributed by atoms with van der Waals surface area (Å²) in [4.78, 5) is 0. The van der Waals surface area contributed by atoms with E-state index in [0.717, 1.165) is 18.2 Å². The van der Waals surface area contributed by atoms with Crippen LogP contribution in [0.25, 0.3) is 0 Å². The van der Waals surface area contributed by atoms with E-state index in [2.05, 4.69) is 12.6 Å². The molecule has 0 saturated carbocycles. The van der Waals surface area contributed by atoms with Crippen LogP contribution in [0, 0.1) is 0 Å². The lowest BCUT2D eigenvalue weighted by Gasteiger charge is -2.23. The molecule has 0 aliphatic heterocycles. The van der Waals surface area contributed by atoms with Crippen molar-refractivity contribution in [2.75, 3.05) is 46.9 Å². The fourth-order valence-electron chi connectivity index (χ4n) is 1.76. The summed E-state index contributed by atoms with van der Waals surface area (Å²) in [6.07, 6.45) is 0.963. The molecule has 6 nitrogen and oxygen atoms in total. The molecule has 0 aliphatic carbocycles. The predicted molar refractivity (Wildman–Crippen MR) is 96.6 cm³/mol. The van der Waals surface area contributed by atoms with Crippen LogP contribution in [0.1, 0.15) is 27.2 Å². The molecule has 0 heterocycles. The second-order valence-corrected chi connectivity index (χ2v) is 10.4. The minimum Gasteiger partial charge on any atom is -0.377 e. The van der Waals surface area contributed by atoms with Gasteiger partial charge in [-0.25, -0.2) is 0 Å². The summed E-state index contributed by atoms with van der Waals surface area (Å²) in [5, 5.41) is 0. The molecule has 22 heavy (non-hydrogen) atoms. The SMILES string of the molecule is CCO[Si](C)(OCC)OCC.CO[Si](CCCS)(OC)OC. The maximum atomic E-state index is 5.40. The Balaban J connectivity index is 0. The summed E-state index contributed by atoms with van der Waals surface area (Å²) in [6.45, 7) is 9.73. The molecular formula is C13H34O6SSi2. The third-order valence-electron chi connectivity index (χ3n) is 2.79. The lowest BCUT2D eigenvalue weighted by atomic mass is 10.6. The Morgan fingerprint density at radius 1 is 0.773 bits per heavy atom. The Kier molecular flexibility index (Phi) is 17.0. The monoisotopic (exact) mass is 374 g/mol. The van der Waals surface area contributed by atoms with Crippen molar-refractivity contribution in [2.45, 2.75) is 39.8 Å². The minimum atomic E-state index is -2.29. The van der Waals surface area contributed by atoms with Gasteiger partial charge in [0.2, 0.25) is 0 Å². The summed E-state index contributed by atoms with van der Waals surface area (Å²) in [5.74, 6) is 0.838. The van der Waals surface area contributed by atoms with E-state index in [1.54, 1.807) is 21.3 Å². The fourth-order valence-corrected chi connectivity index (χ4v) is 5.76. The highest BCUT2D eigenvalue weighted by Gasteiger charge is 2.36. The first kappa shape index (κ1) is 24.8. The first-order valence-electron chi connectivity index (χ1n) is 7.61. The number of rotatable bonds is 12. The van der Waals surface area contributed by atoms with Gasteiger partial charge in [0.05, 0.1) is 0 Å². The van der Waals surface area contributed by atoms with Crippen molar-refractivity contribution < 1.29 is 26.6 Å².